The van der Waals surface area contributed by atoms with Gasteiger partial charge in [0.2, 0.25) is 0 Å². The average molecular weight is 416 g/mol. The Morgan fingerprint density at radius 2 is 1.34 bits per heavy atom. The van der Waals surface area contributed by atoms with Crippen molar-refractivity contribution in [2.45, 2.75) is 19.0 Å². The van der Waals surface area contributed by atoms with Gasteiger partial charge in [0.25, 0.3) is 0 Å². The van der Waals surface area contributed by atoms with Gasteiger partial charge in [0.05, 0.1) is 6.04 Å². The molecular formula is C30H25NO. The lowest BCUT2D eigenvalue weighted by molar-refractivity contribution is 0.0416. The summed E-state index contributed by atoms with van der Waals surface area (Å²) in [4.78, 5) is 2.49. The Morgan fingerprint density at radius 3 is 2.16 bits per heavy atom. The summed E-state index contributed by atoms with van der Waals surface area (Å²) in [7, 11) is 0. The molecule has 1 heterocycles. The van der Waals surface area contributed by atoms with E-state index < -0.39 is 0 Å². The van der Waals surface area contributed by atoms with E-state index in [0.717, 1.165) is 5.75 Å². The molecule has 1 aliphatic rings. The fraction of sp³-hybridized carbons (Fsp3) is 0.133. The monoisotopic (exact) mass is 415 g/mol. The molecule has 0 fully saturated rings. The first-order valence-electron chi connectivity index (χ1n) is 11.2. The lowest BCUT2D eigenvalue weighted by atomic mass is 9.87. The average Bonchev–Trinajstić information content (AvgIpc) is 2.87. The van der Waals surface area contributed by atoms with E-state index in [0.29, 0.717) is 6.73 Å². The molecule has 1 aliphatic heterocycles. The van der Waals surface area contributed by atoms with Gasteiger partial charge < -0.3 is 4.74 Å². The van der Waals surface area contributed by atoms with Crippen molar-refractivity contribution in [2.75, 3.05) is 6.73 Å². The van der Waals surface area contributed by atoms with Gasteiger partial charge in [-0.1, -0.05) is 103 Å². The third-order valence-electron chi connectivity index (χ3n) is 6.80. The molecule has 32 heavy (non-hydrogen) atoms. The maximum Gasteiger partial charge on any atom is 0.143 e. The first-order chi connectivity index (χ1) is 15.8. The number of hydrogen-bond donors (Lipinski definition) is 0. The molecule has 0 aromatic heterocycles. The molecule has 0 bridgehead atoms. The zero-order valence-electron chi connectivity index (χ0n) is 18.1. The van der Waals surface area contributed by atoms with Crippen LogP contribution in [-0.4, -0.2) is 11.6 Å². The van der Waals surface area contributed by atoms with Crippen LogP contribution in [-0.2, 0) is 0 Å². The van der Waals surface area contributed by atoms with Gasteiger partial charge >= 0.3 is 0 Å². The SMILES string of the molecule is C[C@@H](c1ccccc1)N1COc2ccc3ccccc3c2[C@@H]1c1cccc2ccccc12. The van der Waals surface area contributed by atoms with Crippen molar-refractivity contribution < 1.29 is 4.74 Å². The largest absolute Gasteiger partial charge is 0.478 e. The number of fused-ring (bicyclic) bond motifs is 4. The van der Waals surface area contributed by atoms with E-state index in [9.17, 15) is 0 Å². The molecule has 2 atom stereocenters. The minimum absolute atomic E-state index is 0.0890. The number of nitrogens with zero attached hydrogens (tertiary/aromatic N) is 1. The Labute approximate surface area is 188 Å². The zero-order chi connectivity index (χ0) is 21.5. The van der Waals surface area contributed by atoms with Gasteiger partial charge in [-0.2, -0.15) is 0 Å². The first kappa shape index (κ1) is 19.1. The van der Waals surface area contributed by atoms with E-state index in [2.05, 4.69) is 121 Å². The van der Waals surface area contributed by atoms with Crippen LogP contribution < -0.4 is 4.74 Å². The molecule has 6 rings (SSSR count). The highest BCUT2D eigenvalue weighted by atomic mass is 16.5. The summed E-state index contributed by atoms with van der Waals surface area (Å²) in [6.45, 7) is 2.84. The maximum atomic E-state index is 6.38. The Hall–Kier alpha value is -3.62. The zero-order valence-corrected chi connectivity index (χ0v) is 18.1. The Balaban J connectivity index is 1.63. The molecule has 5 aromatic rings. The number of hydrogen-bond acceptors (Lipinski definition) is 2. The fourth-order valence-electron chi connectivity index (χ4n) is 5.15. The van der Waals surface area contributed by atoms with Crippen LogP contribution in [0.2, 0.25) is 0 Å². The molecule has 0 radical (unpaired) electrons. The summed E-state index contributed by atoms with van der Waals surface area (Å²) in [5, 5.41) is 5.07. The number of ether oxygens (including phenoxy) is 1. The van der Waals surface area contributed by atoms with E-state index >= 15 is 0 Å². The second kappa shape index (κ2) is 7.81. The summed E-state index contributed by atoms with van der Waals surface area (Å²) >= 11 is 0. The third-order valence-corrected chi connectivity index (χ3v) is 6.80. The molecule has 156 valence electrons. The Morgan fingerprint density at radius 1 is 0.688 bits per heavy atom. The Kier molecular flexibility index (Phi) is 4.66. The van der Waals surface area contributed by atoms with Gasteiger partial charge in [-0.05, 0) is 45.7 Å². The van der Waals surface area contributed by atoms with E-state index in [1.165, 1.54) is 38.2 Å². The molecule has 0 unspecified atom stereocenters. The van der Waals surface area contributed by atoms with Crippen molar-refractivity contribution in [3.63, 3.8) is 0 Å². The van der Waals surface area contributed by atoms with Crippen LogP contribution >= 0.6 is 0 Å². The van der Waals surface area contributed by atoms with Crippen LogP contribution in [0.15, 0.2) is 109 Å². The predicted molar refractivity (Wildman–Crippen MR) is 132 cm³/mol. The maximum absolute atomic E-state index is 6.38. The molecule has 0 N–H and O–H groups in total. The summed E-state index contributed by atoms with van der Waals surface area (Å²) < 4.78 is 6.38. The molecule has 0 aliphatic carbocycles. The van der Waals surface area contributed by atoms with E-state index in [1.54, 1.807) is 0 Å². The van der Waals surface area contributed by atoms with Gasteiger partial charge in [-0.25, -0.2) is 0 Å². The molecule has 0 saturated heterocycles. The lowest BCUT2D eigenvalue weighted by Crippen LogP contribution is -2.39. The van der Waals surface area contributed by atoms with Crippen LogP contribution in [0.5, 0.6) is 5.75 Å². The van der Waals surface area contributed by atoms with Crippen LogP contribution in [0.25, 0.3) is 21.5 Å². The normalized spacial score (nSPS) is 17.1. The van der Waals surface area contributed by atoms with E-state index in [-0.39, 0.29) is 12.1 Å². The van der Waals surface area contributed by atoms with E-state index in [4.69, 9.17) is 4.74 Å². The fourth-order valence-corrected chi connectivity index (χ4v) is 5.15. The highest BCUT2D eigenvalue weighted by Crippen LogP contribution is 2.47. The van der Waals surface area contributed by atoms with Gasteiger partial charge in [0, 0.05) is 11.6 Å². The third kappa shape index (κ3) is 3.07. The van der Waals surface area contributed by atoms with Crippen molar-refractivity contribution in [2.24, 2.45) is 0 Å². The van der Waals surface area contributed by atoms with Gasteiger partial charge in [-0.3, -0.25) is 4.90 Å². The Bertz CT molecular complexity index is 1400. The minimum atomic E-state index is 0.0890. The topological polar surface area (TPSA) is 12.5 Å². The number of benzene rings is 5. The molecule has 2 heteroatoms. The smallest absolute Gasteiger partial charge is 0.143 e. The highest BCUT2D eigenvalue weighted by molar-refractivity contribution is 5.91. The molecule has 0 spiro atoms. The molecule has 2 nitrogen and oxygen atoms in total. The van der Waals surface area contributed by atoms with Gasteiger partial charge in [0.1, 0.15) is 12.5 Å². The number of rotatable bonds is 3. The highest BCUT2D eigenvalue weighted by Gasteiger charge is 2.35. The second-order valence-electron chi connectivity index (χ2n) is 8.54. The summed E-state index contributed by atoms with van der Waals surface area (Å²) in [5.74, 6) is 0.984. The molecule has 0 saturated carbocycles. The van der Waals surface area contributed by atoms with Gasteiger partial charge in [0.15, 0.2) is 0 Å². The molecule has 5 aromatic carbocycles. The minimum Gasteiger partial charge on any atom is -0.478 e. The van der Waals surface area contributed by atoms with E-state index in [1.807, 2.05) is 0 Å². The first-order valence-corrected chi connectivity index (χ1v) is 11.2. The lowest BCUT2D eigenvalue weighted by Gasteiger charge is -2.42. The van der Waals surface area contributed by atoms with Crippen LogP contribution in [0.4, 0.5) is 0 Å². The summed E-state index contributed by atoms with van der Waals surface area (Å²) in [5.41, 5.74) is 3.88. The van der Waals surface area contributed by atoms with Crippen molar-refractivity contribution in [3.05, 3.63) is 126 Å². The van der Waals surface area contributed by atoms with Crippen molar-refractivity contribution in [1.82, 2.24) is 4.90 Å². The van der Waals surface area contributed by atoms with Crippen molar-refractivity contribution >= 4 is 21.5 Å². The predicted octanol–water partition coefficient (Wildman–Crippen LogP) is 7.50. The van der Waals surface area contributed by atoms with Crippen LogP contribution in [0.1, 0.15) is 35.7 Å². The quantitative estimate of drug-likeness (QED) is 0.302. The standard InChI is InChI=1S/C30H25NO/c1-21(22-10-3-2-4-11-22)31-20-32-28-19-18-24-13-6-8-16-26(24)29(28)30(31)27-17-9-14-23-12-5-7-15-25(23)27/h2-19,21,30H,20H2,1H3/t21-,30-/m0/s1. The van der Waals surface area contributed by atoms with Crippen LogP contribution in [0.3, 0.4) is 0 Å². The van der Waals surface area contributed by atoms with Crippen molar-refractivity contribution in [3.8, 4) is 5.75 Å². The summed E-state index contributed by atoms with van der Waals surface area (Å²) in [6.07, 6.45) is 0. The molecule has 0 amide bonds. The second-order valence-corrected chi connectivity index (χ2v) is 8.54. The van der Waals surface area contributed by atoms with Gasteiger partial charge in [-0.15, -0.1) is 0 Å². The molecular weight excluding hydrogens is 390 g/mol. The summed E-state index contributed by atoms with van der Waals surface area (Å²) in [6, 6.07) is 39.4. The van der Waals surface area contributed by atoms with Crippen LogP contribution in [0, 0.1) is 0 Å². The van der Waals surface area contributed by atoms with Crippen molar-refractivity contribution in [1.29, 1.82) is 0 Å².